The number of amides is 2. The molecule has 0 unspecified atom stereocenters. The summed E-state index contributed by atoms with van der Waals surface area (Å²) >= 11 is 1.22. The van der Waals surface area contributed by atoms with Gasteiger partial charge in [0.25, 0.3) is 0 Å². The smallest absolute Gasteiger partial charge is 0.320 e. The number of thiazole rings is 1. The lowest BCUT2D eigenvalue weighted by Gasteiger charge is -2.08. The van der Waals surface area contributed by atoms with Gasteiger partial charge in [0.2, 0.25) is 11.8 Å². The summed E-state index contributed by atoms with van der Waals surface area (Å²) < 4.78 is 5.89. The van der Waals surface area contributed by atoms with E-state index in [0.717, 1.165) is 11.8 Å². The van der Waals surface area contributed by atoms with Crippen LogP contribution in [0.3, 0.4) is 0 Å². The van der Waals surface area contributed by atoms with E-state index in [4.69, 9.17) is 4.42 Å². The van der Waals surface area contributed by atoms with E-state index >= 15 is 0 Å². The average Bonchev–Trinajstić information content (AvgIpc) is 3.44. The molecule has 10 heteroatoms. The largest absolute Gasteiger partial charge is 0.416 e. The van der Waals surface area contributed by atoms with E-state index in [1.165, 1.54) is 17.5 Å². The number of nitrogens with one attached hydrogen (secondary N) is 2. The first-order valence-electron chi connectivity index (χ1n) is 9.03. The summed E-state index contributed by atoms with van der Waals surface area (Å²) in [6.45, 7) is 2.30. The van der Waals surface area contributed by atoms with Crippen LogP contribution in [0.2, 0.25) is 0 Å². The third-order valence-corrected chi connectivity index (χ3v) is 4.99. The molecule has 0 aliphatic carbocycles. The fraction of sp³-hybridized carbons (Fsp3) is 0.100. The molecule has 0 fully saturated rings. The van der Waals surface area contributed by atoms with Crippen LogP contribution in [-0.4, -0.2) is 39.0 Å². The lowest BCUT2D eigenvalue weighted by molar-refractivity contribution is 0.112. The number of aldehydes is 1. The molecule has 0 saturated heterocycles. The second-order valence-corrected chi connectivity index (χ2v) is 7.13. The number of hydrogen-bond acceptors (Lipinski definition) is 8. The van der Waals surface area contributed by atoms with E-state index in [9.17, 15) is 9.59 Å². The summed E-state index contributed by atoms with van der Waals surface area (Å²) in [5, 5.41) is 14.2. The second-order valence-electron chi connectivity index (χ2n) is 6.06. The van der Waals surface area contributed by atoms with Gasteiger partial charge in [-0.15, -0.1) is 21.5 Å². The van der Waals surface area contributed by atoms with Gasteiger partial charge in [-0.2, -0.15) is 0 Å². The number of anilines is 1. The van der Waals surface area contributed by atoms with Crippen molar-refractivity contribution in [2.45, 2.75) is 6.92 Å². The number of urea groups is 1. The van der Waals surface area contributed by atoms with Crippen molar-refractivity contribution >= 4 is 29.5 Å². The Labute approximate surface area is 175 Å². The number of rotatable bonds is 6. The molecule has 150 valence electrons. The Balaban J connectivity index is 1.77. The molecule has 0 aliphatic rings. The van der Waals surface area contributed by atoms with Gasteiger partial charge in [0.05, 0.1) is 10.4 Å². The van der Waals surface area contributed by atoms with Crippen molar-refractivity contribution in [1.29, 1.82) is 0 Å². The molecule has 3 heterocycles. The first-order chi connectivity index (χ1) is 14.7. The molecular formula is C20H16N6O3S. The van der Waals surface area contributed by atoms with Crippen LogP contribution in [0.1, 0.15) is 16.6 Å². The van der Waals surface area contributed by atoms with E-state index in [-0.39, 0.29) is 11.9 Å². The van der Waals surface area contributed by atoms with Crippen LogP contribution in [0.25, 0.3) is 33.5 Å². The Kier molecular flexibility index (Phi) is 5.57. The molecule has 4 rings (SSSR count). The number of pyridine rings is 1. The van der Waals surface area contributed by atoms with Gasteiger partial charge >= 0.3 is 6.03 Å². The van der Waals surface area contributed by atoms with Gasteiger partial charge in [-0.05, 0) is 25.1 Å². The Morgan fingerprint density at radius 1 is 1.10 bits per heavy atom. The molecule has 3 aromatic heterocycles. The van der Waals surface area contributed by atoms with Crippen LogP contribution in [0, 0.1) is 0 Å². The van der Waals surface area contributed by atoms with Gasteiger partial charge in [-0.25, -0.2) is 14.8 Å². The van der Waals surface area contributed by atoms with Gasteiger partial charge in [0, 0.05) is 30.1 Å². The third kappa shape index (κ3) is 4.08. The maximum absolute atomic E-state index is 11.9. The summed E-state index contributed by atoms with van der Waals surface area (Å²) in [7, 11) is 0. The van der Waals surface area contributed by atoms with Crippen molar-refractivity contribution in [2.24, 2.45) is 0 Å². The highest BCUT2D eigenvalue weighted by Crippen LogP contribution is 2.35. The van der Waals surface area contributed by atoms with Gasteiger partial charge in [-0.1, -0.05) is 18.2 Å². The normalized spacial score (nSPS) is 10.6. The number of carbonyl (C=O) groups is 2. The first kappa shape index (κ1) is 19.4. The summed E-state index contributed by atoms with van der Waals surface area (Å²) in [5.41, 5.74) is 1.93. The Morgan fingerprint density at radius 2 is 1.90 bits per heavy atom. The molecule has 0 bridgehead atoms. The van der Waals surface area contributed by atoms with Crippen molar-refractivity contribution in [1.82, 2.24) is 25.5 Å². The molecule has 2 N–H and O–H groups in total. The maximum Gasteiger partial charge on any atom is 0.320 e. The molecule has 2 amide bonds. The van der Waals surface area contributed by atoms with Crippen LogP contribution in [0.5, 0.6) is 0 Å². The number of nitrogens with zero attached hydrogens (tertiary/aromatic N) is 4. The number of hydrogen-bond donors (Lipinski definition) is 2. The number of carbonyl (C=O) groups excluding carboxylic acids is 2. The van der Waals surface area contributed by atoms with Gasteiger partial charge in [-0.3, -0.25) is 10.1 Å². The fourth-order valence-corrected chi connectivity index (χ4v) is 3.44. The van der Waals surface area contributed by atoms with Crippen LogP contribution in [0.4, 0.5) is 10.6 Å². The highest BCUT2D eigenvalue weighted by molar-refractivity contribution is 7.16. The predicted octanol–water partition coefficient (Wildman–Crippen LogP) is 3.88. The van der Waals surface area contributed by atoms with E-state index in [1.807, 2.05) is 37.3 Å². The van der Waals surface area contributed by atoms with Gasteiger partial charge in [0.15, 0.2) is 6.29 Å². The topological polar surface area (TPSA) is 123 Å². The Morgan fingerprint density at radius 3 is 2.63 bits per heavy atom. The van der Waals surface area contributed by atoms with Crippen molar-refractivity contribution in [3.63, 3.8) is 0 Å². The molecular weight excluding hydrogens is 404 g/mol. The zero-order valence-electron chi connectivity index (χ0n) is 15.8. The first-order valence-corrected chi connectivity index (χ1v) is 9.85. The molecule has 0 saturated carbocycles. The van der Waals surface area contributed by atoms with Crippen LogP contribution in [-0.2, 0) is 0 Å². The lowest BCUT2D eigenvalue weighted by atomic mass is 10.1. The molecule has 0 spiro atoms. The quantitative estimate of drug-likeness (QED) is 0.454. The van der Waals surface area contributed by atoms with Gasteiger partial charge < -0.3 is 9.73 Å². The van der Waals surface area contributed by atoms with E-state index in [0.29, 0.717) is 39.3 Å². The molecule has 9 nitrogen and oxygen atoms in total. The SMILES string of the molecule is CCNC(=O)Nc1cc(-c2nnc(-c3ccccc3)o2)c(-c2ncc(C=O)s2)cn1. The summed E-state index contributed by atoms with van der Waals surface area (Å²) in [6.07, 6.45) is 3.77. The van der Waals surface area contributed by atoms with Crippen molar-refractivity contribution in [3.8, 4) is 33.5 Å². The molecule has 1 aromatic carbocycles. The van der Waals surface area contributed by atoms with E-state index in [2.05, 4.69) is 30.8 Å². The monoisotopic (exact) mass is 420 g/mol. The van der Waals surface area contributed by atoms with Crippen LogP contribution >= 0.6 is 11.3 Å². The van der Waals surface area contributed by atoms with E-state index in [1.54, 1.807) is 12.3 Å². The minimum atomic E-state index is -0.378. The Hall–Kier alpha value is -3.92. The fourth-order valence-electron chi connectivity index (χ4n) is 2.69. The minimum Gasteiger partial charge on any atom is -0.416 e. The number of aromatic nitrogens is 4. The number of benzene rings is 1. The minimum absolute atomic E-state index is 0.244. The summed E-state index contributed by atoms with van der Waals surface area (Å²) in [6, 6.07) is 10.6. The summed E-state index contributed by atoms with van der Waals surface area (Å²) in [5.74, 6) is 0.915. The van der Waals surface area contributed by atoms with Crippen molar-refractivity contribution in [2.75, 3.05) is 11.9 Å². The summed E-state index contributed by atoms with van der Waals surface area (Å²) in [4.78, 5) is 32.0. The van der Waals surface area contributed by atoms with Gasteiger partial charge in [0.1, 0.15) is 10.8 Å². The van der Waals surface area contributed by atoms with Crippen molar-refractivity contribution < 1.29 is 14.0 Å². The zero-order valence-corrected chi connectivity index (χ0v) is 16.6. The van der Waals surface area contributed by atoms with Crippen molar-refractivity contribution in [3.05, 3.63) is 53.7 Å². The molecule has 4 aromatic rings. The van der Waals surface area contributed by atoms with E-state index < -0.39 is 0 Å². The highest BCUT2D eigenvalue weighted by Gasteiger charge is 2.19. The molecule has 0 atom stereocenters. The molecule has 30 heavy (non-hydrogen) atoms. The van der Waals surface area contributed by atoms with Crippen LogP contribution in [0.15, 0.2) is 53.2 Å². The maximum atomic E-state index is 11.9. The lowest BCUT2D eigenvalue weighted by Crippen LogP contribution is -2.28. The third-order valence-electron chi connectivity index (χ3n) is 4.03. The highest BCUT2D eigenvalue weighted by atomic mass is 32.1. The average molecular weight is 420 g/mol. The van der Waals surface area contributed by atoms with Crippen LogP contribution < -0.4 is 10.6 Å². The second kappa shape index (κ2) is 8.62. The Bertz CT molecular complexity index is 1190. The zero-order chi connectivity index (χ0) is 20.9. The molecule has 0 aliphatic heterocycles. The standard InChI is InChI=1S/C20H16N6O3S/c1-2-21-20(28)24-16-8-14(15(10-22-16)19-23-9-13(11-27)30-19)18-26-25-17(29-18)12-6-4-3-5-7-12/h3-11H,2H2,1H3,(H2,21,22,24,28). The molecule has 0 radical (unpaired) electrons. The predicted molar refractivity (Wildman–Crippen MR) is 112 cm³/mol.